The van der Waals surface area contributed by atoms with Crippen LogP contribution in [0.15, 0.2) is 36.4 Å². The third-order valence-corrected chi connectivity index (χ3v) is 7.56. The van der Waals surface area contributed by atoms with E-state index in [0.29, 0.717) is 37.0 Å². The van der Waals surface area contributed by atoms with Crippen molar-refractivity contribution >= 4 is 29.5 Å². The number of hydrogen-bond acceptors (Lipinski definition) is 7. The zero-order chi connectivity index (χ0) is 34.4. The Labute approximate surface area is 272 Å². The Kier molecular flexibility index (Phi) is 19.4. The maximum atomic E-state index is 13.3. The number of carboxylic acids is 2. The van der Waals surface area contributed by atoms with Gasteiger partial charge in [-0.1, -0.05) is 75.7 Å². The quantitative estimate of drug-likeness (QED) is 0.0586. The number of carboxylic acid groups (broad SMARTS) is 2. The molecule has 0 saturated carbocycles. The van der Waals surface area contributed by atoms with Gasteiger partial charge in [-0.25, -0.2) is 4.79 Å². The summed E-state index contributed by atoms with van der Waals surface area (Å²) in [7, 11) is 0. The first kappa shape index (κ1) is 39.9. The standard InChI is InChI=1S/C35H50N2O9/c1-3-5-7-10-13-16-27(38)17-14-11-8-9-12-15-18-29(35(45,34(43)44)25-31(39)40)33(42)37-30(32(36)41)24-26-19-21-28(22-20-26)46-23-6-4-2/h15,18-22,29-30,45H,3,5,7-14,16-17,23-25H2,1-2H3,(H2,36,41)(H,37,42)(H,39,40)(H,43,44)/b18-15+/t29-,30+,35+/m1/s1. The van der Waals surface area contributed by atoms with E-state index in [1.165, 1.54) is 18.9 Å². The van der Waals surface area contributed by atoms with Gasteiger partial charge in [0.15, 0.2) is 5.60 Å². The molecule has 1 rings (SSSR count). The molecule has 0 aliphatic heterocycles. The molecular formula is C35H50N2O9. The molecule has 254 valence electrons. The fraction of sp³-hybridized carbons (Fsp3) is 0.571. The number of aliphatic carboxylic acids is 2. The molecule has 1 aromatic carbocycles. The summed E-state index contributed by atoms with van der Waals surface area (Å²) in [4.78, 5) is 61.1. The van der Waals surface area contributed by atoms with E-state index in [0.717, 1.165) is 44.6 Å². The molecule has 3 atom stereocenters. The van der Waals surface area contributed by atoms with E-state index in [1.807, 2.05) is 0 Å². The number of ketones is 1. The number of carbonyl (C=O) groups excluding carboxylic acids is 3. The first-order valence-corrected chi connectivity index (χ1v) is 16.0. The molecule has 0 aliphatic rings. The summed E-state index contributed by atoms with van der Waals surface area (Å²) in [6, 6.07) is 5.36. The van der Waals surface area contributed by atoms with Crippen LogP contribution in [0, 0.1) is 17.8 Å². The number of unbranched alkanes of at least 4 members (excludes halogenated alkanes) is 8. The Morgan fingerprint density at radius 2 is 1.57 bits per heavy atom. The molecule has 0 heterocycles. The van der Waals surface area contributed by atoms with Gasteiger partial charge in [-0.15, -0.1) is 5.92 Å². The fourth-order valence-electron chi connectivity index (χ4n) is 4.87. The van der Waals surface area contributed by atoms with Crippen LogP contribution in [0.5, 0.6) is 5.75 Å². The van der Waals surface area contributed by atoms with Gasteiger partial charge in [0, 0.05) is 19.3 Å². The molecule has 46 heavy (non-hydrogen) atoms. The number of Topliss-reactive ketones (excluding diaryl/α,β-unsaturated/α-hetero) is 1. The number of rotatable bonds is 25. The third-order valence-electron chi connectivity index (χ3n) is 7.56. The molecule has 0 fully saturated rings. The van der Waals surface area contributed by atoms with Crippen LogP contribution in [0.3, 0.4) is 0 Å². The van der Waals surface area contributed by atoms with Crippen molar-refractivity contribution < 1.29 is 44.0 Å². The van der Waals surface area contributed by atoms with Crippen molar-refractivity contribution in [1.82, 2.24) is 5.32 Å². The number of nitrogens with two attached hydrogens (primary N) is 1. The molecule has 0 saturated heterocycles. The highest BCUT2D eigenvalue weighted by Crippen LogP contribution is 2.26. The first-order chi connectivity index (χ1) is 21.9. The molecule has 0 radical (unpaired) electrons. The highest BCUT2D eigenvalue weighted by molar-refractivity contribution is 5.95. The second-order valence-corrected chi connectivity index (χ2v) is 11.4. The summed E-state index contributed by atoms with van der Waals surface area (Å²) in [6.07, 6.45) is 11.6. The van der Waals surface area contributed by atoms with Gasteiger partial charge in [-0.3, -0.25) is 19.2 Å². The van der Waals surface area contributed by atoms with E-state index in [9.17, 15) is 39.3 Å². The monoisotopic (exact) mass is 642 g/mol. The average Bonchev–Trinajstić information content (AvgIpc) is 3.00. The summed E-state index contributed by atoms with van der Waals surface area (Å²) in [6.45, 7) is 4.04. The lowest BCUT2D eigenvalue weighted by Gasteiger charge is -2.29. The normalized spacial score (nSPS) is 13.5. The molecule has 2 amide bonds. The van der Waals surface area contributed by atoms with Gasteiger partial charge in [0.05, 0.1) is 12.3 Å². The van der Waals surface area contributed by atoms with E-state index < -0.39 is 47.7 Å². The van der Waals surface area contributed by atoms with E-state index in [2.05, 4.69) is 24.1 Å². The lowest BCUT2D eigenvalue weighted by Crippen LogP contribution is -2.56. The number of ether oxygens (including phenoxy) is 1. The van der Waals surface area contributed by atoms with E-state index in [-0.39, 0.29) is 18.8 Å². The molecule has 11 heteroatoms. The highest BCUT2D eigenvalue weighted by atomic mass is 16.5. The van der Waals surface area contributed by atoms with Crippen molar-refractivity contribution in [3.63, 3.8) is 0 Å². The number of amides is 2. The van der Waals surface area contributed by atoms with Crippen molar-refractivity contribution in [2.45, 2.75) is 115 Å². The van der Waals surface area contributed by atoms with Gasteiger partial charge in [0.25, 0.3) is 0 Å². The Hall–Kier alpha value is -4.17. The largest absolute Gasteiger partial charge is 0.481 e. The van der Waals surface area contributed by atoms with Crippen LogP contribution >= 0.6 is 0 Å². The maximum Gasteiger partial charge on any atom is 0.337 e. The number of allylic oxidation sites excluding steroid dienone is 1. The average molecular weight is 643 g/mol. The molecule has 0 spiro atoms. The smallest absolute Gasteiger partial charge is 0.337 e. The molecular weight excluding hydrogens is 592 g/mol. The number of primary amides is 1. The van der Waals surface area contributed by atoms with Crippen molar-refractivity contribution in [2.24, 2.45) is 11.7 Å². The van der Waals surface area contributed by atoms with Gasteiger partial charge in [0.2, 0.25) is 11.8 Å². The number of hydrogen-bond donors (Lipinski definition) is 5. The molecule has 6 N–H and O–H groups in total. The molecule has 11 nitrogen and oxygen atoms in total. The van der Waals surface area contributed by atoms with Crippen LogP contribution < -0.4 is 15.8 Å². The van der Waals surface area contributed by atoms with Crippen LogP contribution in [0.25, 0.3) is 0 Å². The summed E-state index contributed by atoms with van der Waals surface area (Å²) < 4.78 is 5.46. The van der Waals surface area contributed by atoms with Crippen LogP contribution in [0.4, 0.5) is 0 Å². The minimum atomic E-state index is -2.98. The van der Waals surface area contributed by atoms with Crippen molar-refractivity contribution in [1.29, 1.82) is 0 Å². The number of nitrogens with one attached hydrogen (secondary N) is 1. The fourth-order valence-corrected chi connectivity index (χ4v) is 4.87. The first-order valence-electron chi connectivity index (χ1n) is 16.0. The van der Waals surface area contributed by atoms with Crippen LogP contribution in [0.2, 0.25) is 0 Å². The summed E-state index contributed by atoms with van der Waals surface area (Å²) in [5.74, 6) is -1.01. The third kappa shape index (κ3) is 15.7. The van der Waals surface area contributed by atoms with Gasteiger partial charge < -0.3 is 31.1 Å². The molecule has 0 bridgehead atoms. The topological polar surface area (TPSA) is 193 Å². The molecule has 0 unspecified atom stereocenters. The maximum absolute atomic E-state index is 13.3. The predicted octanol–water partition coefficient (Wildman–Crippen LogP) is 4.33. The van der Waals surface area contributed by atoms with Crippen molar-refractivity contribution in [3.8, 4) is 17.6 Å². The lowest BCUT2D eigenvalue weighted by molar-refractivity contribution is -0.172. The Bertz CT molecular complexity index is 1220. The number of aliphatic hydroxyl groups is 1. The minimum Gasteiger partial charge on any atom is -0.481 e. The van der Waals surface area contributed by atoms with Crippen LogP contribution in [-0.4, -0.2) is 63.1 Å². The van der Waals surface area contributed by atoms with Crippen molar-refractivity contribution in [3.05, 3.63) is 42.0 Å². The Morgan fingerprint density at radius 1 is 0.957 bits per heavy atom. The second-order valence-electron chi connectivity index (χ2n) is 11.4. The summed E-state index contributed by atoms with van der Waals surface area (Å²) in [5, 5.41) is 32.4. The number of benzene rings is 1. The molecule has 1 aromatic rings. The Morgan fingerprint density at radius 3 is 2.11 bits per heavy atom. The molecule has 0 aliphatic carbocycles. The molecule has 0 aromatic heterocycles. The predicted molar refractivity (Wildman–Crippen MR) is 174 cm³/mol. The zero-order valence-corrected chi connectivity index (χ0v) is 27.1. The minimum absolute atomic E-state index is 0.0433. The van der Waals surface area contributed by atoms with Crippen LogP contribution in [0.1, 0.15) is 103 Å². The van der Waals surface area contributed by atoms with Crippen molar-refractivity contribution in [2.75, 3.05) is 6.61 Å². The van der Waals surface area contributed by atoms with E-state index in [1.54, 1.807) is 31.2 Å². The van der Waals surface area contributed by atoms with Gasteiger partial charge in [0.1, 0.15) is 24.2 Å². The summed E-state index contributed by atoms with van der Waals surface area (Å²) in [5.41, 5.74) is 3.16. The van der Waals surface area contributed by atoms with Crippen LogP contribution in [-0.2, 0) is 30.4 Å². The zero-order valence-electron chi connectivity index (χ0n) is 27.1. The number of carbonyl (C=O) groups is 5. The van der Waals surface area contributed by atoms with Gasteiger partial charge in [-0.2, -0.15) is 0 Å². The van der Waals surface area contributed by atoms with Gasteiger partial charge >= 0.3 is 11.9 Å². The Balaban J connectivity index is 2.83. The van der Waals surface area contributed by atoms with Gasteiger partial charge in [-0.05, 0) is 50.3 Å². The van der Waals surface area contributed by atoms with E-state index >= 15 is 0 Å². The second kappa shape index (κ2) is 22.4. The SMILES string of the molecule is CC#CCOc1ccc(C[C@H](NC(=O)[C@@H](/C=C/CCCCCCC(=O)CCCCCCC)[C@@](O)(CC(=O)O)C(=O)O)C(N)=O)cc1. The van der Waals surface area contributed by atoms with E-state index in [4.69, 9.17) is 10.5 Å². The highest BCUT2D eigenvalue weighted by Gasteiger charge is 2.49. The lowest BCUT2D eigenvalue weighted by atomic mass is 9.82. The summed E-state index contributed by atoms with van der Waals surface area (Å²) >= 11 is 0.